The van der Waals surface area contributed by atoms with Gasteiger partial charge in [-0.15, -0.1) is 0 Å². The van der Waals surface area contributed by atoms with E-state index in [4.69, 9.17) is 16.1 Å². The second kappa shape index (κ2) is 7.87. The van der Waals surface area contributed by atoms with E-state index in [0.29, 0.717) is 22.8 Å². The van der Waals surface area contributed by atoms with Crippen molar-refractivity contribution in [1.29, 1.82) is 0 Å². The lowest BCUT2D eigenvalue weighted by molar-refractivity contribution is 0.115. The highest BCUT2D eigenvalue weighted by Gasteiger charge is 2.39. The molecule has 0 radical (unpaired) electrons. The molecule has 150 valence electrons. The molecule has 1 atom stereocenters. The van der Waals surface area contributed by atoms with Crippen molar-refractivity contribution in [3.05, 3.63) is 29.0 Å². The van der Waals surface area contributed by atoms with Crippen LogP contribution in [0.1, 0.15) is 31.4 Å². The zero-order chi connectivity index (χ0) is 19.7. The normalized spacial score (nSPS) is 19.5. The number of hydrogen-bond donors (Lipinski definition) is 2. The fourth-order valence-electron chi connectivity index (χ4n) is 3.85. The Balaban J connectivity index is 1.43. The molecule has 2 fully saturated rings. The van der Waals surface area contributed by atoms with E-state index in [2.05, 4.69) is 15.8 Å². The average Bonchev–Trinajstić information content (AvgIpc) is 3.45. The first-order valence-corrected chi connectivity index (χ1v) is 10.0. The summed E-state index contributed by atoms with van der Waals surface area (Å²) in [7, 11) is 1.63. The van der Waals surface area contributed by atoms with E-state index in [1.54, 1.807) is 24.1 Å². The minimum Gasteiger partial charge on any atom is -0.358 e. The molecule has 9 heteroatoms. The van der Waals surface area contributed by atoms with Crippen LogP contribution in [0.15, 0.2) is 22.7 Å². The van der Waals surface area contributed by atoms with Gasteiger partial charge in [-0.1, -0.05) is 16.8 Å². The fraction of sp³-hybridized carbons (Fsp3) is 0.526. The van der Waals surface area contributed by atoms with Crippen molar-refractivity contribution in [2.75, 3.05) is 20.1 Å². The van der Waals surface area contributed by atoms with Crippen LogP contribution >= 0.6 is 11.6 Å². The molecule has 1 aromatic heterocycles. The molecule has 1 saturated carbocycles. The summed E-state index contributed by atoms with van der Waals surface area (Å²) in [6.07, 6.45) is 3.81. The molecular weight excluding hydrogens is 382 g/mol. The highest BCUT2D eigenvalue weighted by molar-refractivity contribution is 6.31. The Morgan fingerprint density at radius 1 is 1.32 bits per heavy atom. The standard InChI is InChI=1S/C19H24ClN5O3/c1-21-18(26)24-8-2-3-14(11-24)25(13-5-6-13)19(27)22-10-17-15-7-4-12(20)9-16(15)23-28-17/h4,7,9,13-14H,2-3,5-6,8,10-11H2,1H3,(H,21,26)(H,22,27)/t14-/m1/s1. The first kappa shape index (κ1) is 18.9. The van der Waals surface area contributed by atoms with E-state index in [0.717, 1.165) is 37.6 Å². The summed E-state index contributed by atoms with van der Waals surface area (Å²) in [5, 5.41) is 11.1. The van der Waals surface area contributed by atoms with Gasteiger partial charge < -0.3 is 25.0 Å². The lowest BCUT2D eigenvalue weighted by atomic mass is 10.0. The maximum absolute atomic E-state index is 13.0. The van der Waals surface area contributed by atoms with Crippen LogP contribution in [0.2, 0.25) is 5.02 Å². The lowest BCUT2D eigenvalue weighted by Gasteiger charge is -2.39. The zero-order valence-electron chi connectivity index (χ0n) is 15.8. The summed E-state index contributed by atoms with van der Waals surface area (Å²) in [5.74, 6) is 0.603. The summed E-state index contributed by atoms with van der Waals surface area (Å²) < 4.78 is 5.38. The maximum Gasteiger partial charge on any atom is 0.318 e. The molecule has 2 N–H and O–H groups in total. The predicted molar refractivity (Wildman–Crippen MR) is 105 cm³/mol. The van der Waals surface area contributed by atoms with E-state index >= 15 is 0 Å². The van der Waals surface area contributed by atoms with Crippen LogP contribution in [0.25, 0.3) is 10.9 Å². The number of rotatable bonds is 4. The Morgan fingerprint density at radius 3 is 2.89 bits per heavy atom. The highest BCUT2D eigenvalue weighted by Crippen LogP contribution is 2.31. The fourth-order valence-corrected chi connectivity index (χ4v) is 4.02. The van der Waals surface area contributed by atoms with Crippen molar-refractivity contribution in [2.24, 2.45) is 0 Å². The molecule has 0 unspecified atom stereocenters. The molecular formula is C19H24ClN5O3. The number of urea groups is 2. The van der Waals surface area contributed by atoms with Crippen LogP contribution in [0.3, 0.4) is 0 Å². The van der Waals surface area contributed by atoms with Gasteiger partial charge in [-0.2, -0.15) is 0 Å². The molecule has 2 aliphatic rings. The highest BCUT2D eigenvalue weighted by atomic mass is 35.5. The smallest absolute Gasteiger partial charge is 0.318 e. The Hall–Kier alpha value is -2.48. The summed E-state index contributed by atoms with van der Waals surface area (Å²) >= 11 is 5.98. The summed E-state index contributed by atoms with van der Waals surface area (Å²) in [5.41, 5.74) is 0.671. The molecule has 8 nitrogen and oxygen atoms in total. The van der Waals surface area contributed by atoms with Gasteiger partial charge in [-0.05, 0) is 43.9 Å². The van der Waals surface area contributed by atoms with E-state index in [-0.39, 0.29) is 30.7 Å². The van der Waals surface area contributed by atoms with Crippen LogP contribution in [0.5, 0.6) is 0 Å². The number of aromatic nitrogens is 1. The van der Waals surface area contributed by atoms with Gasteiger partial charge in [-0.25, -0.2) is 9.59 Å². The minimum absolute atomic E-state index is 0.0313. The number of halogens is 1. The van der Waals surface area contributed by atoms with Crippen molar-refractivity contribution >= 4 is 34.6 Å². The minimum atomic E-state index is -0.121. The Labute approximate surface area is 168 Å². The molecule has 1 aliphatic heterocycles. The predicted octanol–water partition coefficient (Wildman–Crippen LogP) is 2.96. The lowest BCUT2D eigenvalue weighted by Crippen LogP contribution is -2.56. The number of carbonyl (C=O) groups excluding carboxylic acids is 2. The number of nitrogens with zero attached hydrogens (tertiary/aromatic N) is 3. The van der Waals surface area contributed by atoms with Crippen LogP contribution in [-0.4, -0.2) is 59.2 Å². The van der Waals surface area contributed by atoms with Crippen LogP contribution in [0, 0.1) is 0 Å². The zero-order valence-corrected chi connectivity index (χ0v) is 16.5. The Bertz CT molecular complexity index is 882. The molecule has 4 amide bonds. The van der Waals surface area contributed by atoms with Crippen molar-refractivity contribution in [3.63, 3.8) is 0 Å². The molecule has 1 saturated heterocycles. The van der Waals surface area contributed by atoms with Crippen molar-refractivity contribution in [3.8, 4) is 0 Å². The van der Waals surface area contributed by atoms with Crippen LogP contribution in [-0.2, 0) is 6.54 Å². The summed E-state index contributed by atoms with van der Waals surface area (Å²) in [6, 6.07) is 5.42. The maximum atomic E-state index is 13.0. The van der Waals surface area contributed by atoms with Gasteiger partial charge in [0.2, 0.25) is 0 Å². The molecule has 4 rings (SSSR count). The monoisotopic (exact) mass is 405 g/mol. The van der Waals surface area contributed by atoms with E-state index < -0.39 is 0 Å². The number of hydrogen-bond acceptors (Lipinski definition) is 4. The van der Waals surface area contributed by atoms with E-state index in [1.807, 2.05) is 11.0 Å². The second-order valence-electron chi connectivity index (χ2n) is 7.36. The van der Waals surface area contributed by atoms with Crippen molar-refractivity contribution in [2.45, 2.75) is 44.3 Å². The van der Waals surface area contributed by atoms with Gasteiger partial charge in [0.15, 0.2) is 5.76 Å². The summed E-state index contributed by atoms with van der Waals surface area (Å²) in [6.45, 7) is 1.54. The summed E-state index contributed by atoms with van der Waals surface area (Å²) in [4.78, 5) is 28.7. The second-order valence-corrected chi connectivity index (χ2v) is 7.80. The molecule has 1 aromatic carbocycles. The third-order valence-electron chi connectivity index (χ3n) is 5.38. The van der Waals surface area contributed by atoms with Crippen molar-refractivity contribution < 1.29 is 14.1 Å². The van der Waals surface area contributed by atoms with Gasteiger partial charge in [0.25, 0.3) is 0 Å². The van der Waals surface area contributed by atoms with Gasteiger partial charge >= 0.3 is 12.1 Å². The van der Waals surface area contributed by atoms with Crippen molar-refractivity contribution in [1.82, 2.24) is 25.6 Å². The third kappa shape index (κ3) is 3.87. The first-order chi connectivity index (χ1) is 13.6. The number of amides is 4. The number of likely N-dealkylation sites (tertiary alicyclic amines) is 1. The Morgan fingerprint density at radius 2 is 2.14 bits per heavy atom. The Kier molecular flexibility index (Phi) is 5.30. The third-order valence-corrected chi connectivity index (χ3v) is 5.62. The van der Waals surface area contributed by atoms with Crippen LogP contribution < -0.4 is 10.6 Å². The quantitative estimate of drug-likeness (QED) is 0.818. The number of carbonyl (C=O) groups is 2. The molecule has 2 aromatic rings. The molecule has 1 aliphatic carbocycles. The molecule has 0 spiro atoms. The molecule has 28 heavy (non-hydrogen) atoms. The van der Waals surface area contributed by atoms with Gasteiger partial charge in [0, 0.05) is 36.6 Å². The van der Waals surface area contributed by atoms with Gasteiger partial charge in [0.05, 0.1) is 12.6 Å². The van der Waals surface area contributed by atoms with Gasteiger partial charge in [0.1, 0.15) is 5.52 Å². The number of fused-ring (bicyclic) bond motifs is 1. The topological polar surface area (TPSA) is 90.7 Å². The molecule has 2 heterocycles. The van der Waals surface area contributed by atoms with E-state index in [9.17, 15) is 9.59 Å². The first-order valence-electron chi connectivity index (χ1n) is 9.63. The number of nitrogens with one attached hydrogen (secondary N) is 2. The number of piperidine rings is 1. The number of benzene rings is 1. The average molecular weight is 406 g/mol. The van der Waals surface area contributed by atoms with Crippen LogP contribution in [0.4, 0.5) is 9.59 Å². The largest absolute Gasteiger partial charge is 0.358 e. The molecule has 0 bridgehead atoms. The van der Waals surface area contributed by atoms with E-state index in [1.165, 1.54) is 0 Å². The SMILES string of the molecule is CNC(=O)N1CCC[C@@H](N(C(=O)NCc2onc3cc(Cl)ccc23)C2CC2)C1. The van der Waals surface area contributed by atoms with Gasteiger partial charge in [-0.3, -0.25) is 0 Å².